The standard InChI is InChI=1S/C12H18N4S2/c1-7(6-17-4)16(3)10-9-5-8(2)18-11(9)15-12(13)14-10/h5,7H,6H2,1-4H3,(H2,13,14,15). The molecule has 0 fully saturated rings. The third-order valence-electron chi connectivity index (χ3n) is 2.92. The Morgan fingerprint density at radius 1 is 1.50 bits per heavy atom. The van der Waals surface area contributed by atoms with Crippen LogP contribution in [0.1, 0.15) is 11.8 Å². The molecule has 6 heteroatoms. The number of nitrogen functional groups attached to an aromatic ring is 1. The number of nitrogens with two attached hydrogens (primary N) is 1. The lowest BCUT2D eigenvalue weighted by Gasteiger charge is -2.26. The number of aromatic nitrogens is 2. The van der Waals surface area contributed by atoms with E-state index in [2.05, 4.69) is 48.1 Å². The van der Waals surface area contributed by atoms with Crippen LogP contribution < -0.4 is 10.6 Å². The lowest BCUT2D eigenvalue weighted by atomic mass is 10.3. The first-order chi connectivity index (χ1) is 8.52. The van der Waals surface area contributed by atoms with Gasteiger partial charge in [-0.15, -0.1) is 11.3 Å². The maximum absolute atomic E-state index is 5.80. The predicted octanol–water partition coefficient (Wildman–Crippen LogP) is 2.77. The first kappa shape index (κ1) is 13.4. The summed E-state index contributed by atoms with van der Waals surface area (Å²) in [6.45, 7) is 4.28. The van der Waals surface area contributed by atoms with E-state index in [1.54, 1.807) is 11.3 Å². The third kappa shape index (κ3) is 2.54. The molecule has 0 bridgehead atoms. The number of fused-ring (bicyclic) bond motifs is 1. The molecule has 0 saturated carbocycles. The molecule has 0 spiro atoms. The molecule has 2 heterocycles. The van der Waals surface area contributed by atoms with Crippen LogP contribution in [0.3, 0.4) is 0 Å². The monoisotopic (exact) mass is 282 g/mol. The second-order valence-electron chi connectivity index (χ2n) is 4.40. The molecule has 0 amide bonds. The van der Waals surface area contributed by atoms with Crippen molar-refractivity contribution in [1.82, 2.24) is 9.97 Å². The van der Waals surface area contributed by atoms with Gasteiger partial charge >= 0.3 is 0 Å². The largest absolute Gasteiger partial charge is 0.368 e. The van der Waals surface area contributed by atoms with Crippen molar-refractivity contribution in [2.45, 2.75) is 19.9 Å². The van der Waals surface area contributed by atoms with E-state index in [0.29, 0.717) is 12.0 Å². The molecule has 1 unspecified atom stereocenters. The van der Waals surface area contributed by atoms with Crippen LogP contribution in [-0.4, -0.2) is 35.1 Å². The quantitative estimate of drug-likeness (QED) is 0.934. The van der Waals surface area contributed by atoms with Gasteiger partial charge in [0.15, 0.2) is 0 Å². The molecular weight excluding hydrogens is 264 g/mol. The smallest absolute Gasteiger partial charge is 0.223 e. The number of nitrogens with zero attached hydrogens (tertiary/aromatic N) is 3. The molecule has 0 radical (unpaired) electrons. The van der Waals surface area contributed by atoms with Gasteiger partial charge in [-0.1, -0.05) is 0 Å². The van der Waals surface area contributed by atoms with E-state index in [4.69, 9.17) is 5.73 Å². The molecule has 98 valence electrons. The SMILES string of the molecule is CSCC(C)N(C)c1nc(N)nc2sc(C)cc12. The van der Waals surface area contributed by atoms with E-state index < -0.39 is 0 Å². The van der Waals surface area contributed by atoms with Crippen molar-refractivity contribution in [2.75, 3.05) is 29.7 Å². The fourth-order valence-electron chi connectivity index (χ4n) is 1.87. The van der Waals surface area contributed by atoms with Gasteiger partial charge in [-0.05, 0) is 26.2 Å². The summed E-state index contributed by atoms with van der Waals surface area (Å²) in [5, 5.41) is 1.10. The maximum Gasteiger partial charge on any atom is 0.223 e. The lowest BCUT2D eigenvalue weighted by Crippen LogP contribution is -2.31. The molecule has 0 aliphatic carbocycles. The lowest BCUT2D eigenvalue weighted by molar-refractivity contribution is 0.757. The highest BCUT2D eigenvalue weighted by molar-refractivity contribution is 7.98. The Bertz CT molecular complexity index is 552. The van der Waals surface area contributed by atoms with Crippen LogP contribution in [-0.2, 0) is 0 Å². The number of hydrogen-bond acceptors (Lipinski definition) is 6. The minimum absolute atomic E-state index is 0.350. The van der Waals surface area contributed by atoms with Crippen molar-refractivity contribution in [1.29, 1.82) is 0 Å². The van der Waals surface area contributed by atoms with E-state index in [-0.39, 0.29) is 0 Å². The van der Waals surface area contributed by atoms with Gasteiger partial charge in [-0.2, -0.15) is 16.7 Å². The minimum atomic E-state index is 0.350. The average Bonchev–Trinajstić information content (AvgIpc) is 2.67. The van der Waals surface area contributed by atoms with Crippen molar-refractivity contribution >= 4 is 45.1 Å². The van der Waals surface area contributed by atoms with Crippen molar-refractivity contribution < 1.29 is 0 Å². The summed E-state index contributed by atoms with van der Waals surface area (Å²) in [6, 6.07) is 2.55. The second-order valence-corrected chi connectivity index (χ2v) is 6.54. The number of rotatable bonds is 4. The van der Waals surface area contributed by atoms with Gasteiger partial charge < -0.3 is 10.6 Å². The van der Waals surface area contributed by atoms with Crippen molar-refractivity contribution in [2.24, 2.45) is 0 Å². The van der Waals surface area contributed by atoms with Gasteiger partial charge in [0.05, 0.1) is 5.39 Å². The Kier molecular flexibility index (Phi) is 3.97. The Balaban J connectivity index is 2.48. The van der Waals surface area contributed by atoms with Crippen molar-refractivity contribution in [3.8, 4) is 0 Å². The zero-order valence-corrected chi connectivity index (χ0v) is 12.7. The van der Waals surface area contributed by atoms with Gasteiger partial charge in [0.1, 0.15) is 10.6 Å². The molecular formula is C12H18N4S2. The summed E-state index contributed by atoms with van der Waals surface area (Å²) < 4.78 is 0. The first-order valence-electron chi connectivity index (χ1n) is 5.78. The number of aryl methyl sites for hydroxylation is 1. The Morgan fingerprint density at radius 2 is 2.22 bits per heavy atom. The Hall–Kier alpha value is -1.01. The summed E-state index contributed by atoms with van der Waals surface area (Å²) >= 11 is 3.49. The zero-order chi connectivity index (χ0) is 13.3. The van der Waals surface area contributed by atoms with E-state index >= 15 is 0 Å². The van der Waals surface area contributed by atoms with Gasteiger partial charge in [0, 0.05) is 23.7 Å². The number of hydrogen-bond donors (Lipinski definition) is 1. The van der Waals surface area contributed by atoms with Crippen LogP contribution in [0.4, 0.5) is 11.8 Å². The molecule has 2 aromatic rings. The van der Waals surface area contributed by atoms with Crippen LogP contribution in [0.25, 0.3) is 10.2 Å². The first-order valence-corrected chi connectivity index (χ1v) is 7.99. The second kappa shape index (κ2) is 5.32. The molecule has 0 aromatic carbocycles. The third-order valence-corrected chi connectivity index (χ3v) is 4.68. The minimum Gasteiger partial charge on any atom is -0.368 e. The molecule has 2 N–H and O–H groups in total. The number of thiophene rings is 1. The fourth-order valence-corrected chi connectivity index (χ4v) is 3.46. The van der Waals surface area contributed by atoms with Crippen molar-refractivity contribution in [3.63, 3.8) is 0 Å². The van der Waals surface area contributed by atoms with Crippen molar-refractivity contribution in [3.05, 3.63) is 10.9 Å². The van der Waals surface area contributed by atoms with Crippen LogP contribution in [0.15, 0.2) is 6.07 Å². The summed E-state index contributed by atoms with van der Waals surface area (Å²) in [5.74, 6) is 2.34. The molecule has 0 aliphatic rings. The van der Waals surface area contributed by atoms with Gasteiger partial charge in [0.25, 0.3) is 0 Å². The molecule has 2 rings (SSSR count). The predicted molar refractivity (Wildman–Crippen MR) is 82.8 cm³/mol. The summed E-state index contributed by atoms with van der Waals surface area (Å²) in [7, 11) is 2.06. The normalized spacial score (nSPS) is 12.9. The van der Waals surface area contributed by atoms with Crippen LogP contribution >= 0.6 is 23.1 Å². The number of thioether (sulfide) groups is 1. The number of anilines is 2. The van der Waals surface area contributed by atoms with E-state index in [1.807, 2.05) is 11.8 Å². The fraction of sp³-hybridized carbons (Fsp3) is 0.500. The van der Waals surface area contributed by atoms with E-state index in [0.717, 1.165) is 21.8 Å². The maximum atomic E-state index is 5.80. The van der Waals surface area contributed by atoms with E-state index in [1.165, 1.54) is 4.88 Å². The Labute approximate surface area is 116 Å². The summed E-state index contributed by atoms with van der Waals surface area (Å²) in [6.07, 6.45) is 2.11. The average molecular weight is 282 g/mol. The molecule has 0 aliphatic heterocycles. The van der Waals surface area contributed by atoms with Crippen LogP contribution in [0.5, 0.6) is 0 Å². The van der Waals surface area contributed by atoms with Gasteiger partial charge in [-0.25, -0.2) is 4.98 Å². The van der Waals surface area contributed by atoms with Crippen LogP contribution in [0, 0.1) is 6.92 Å². The summed E-state index contributed by atoms with van der Waals surface area (Å²) in [5.41, 5.74) is 5.80. The van der Waals surface area contributed by atoms with Gasteiger partial charge in [-0.3, -0.25) is 0 Å². The molecule has 1 atom stereocenters. The van der Waals surface area contributed by atoms with Crippen LogP contribution in [0.2, 0.25) is 0 Å². The molecule has 0 saturated heterocycles. The summed E-state index contributed by atoms with van der Waals surface area (Å²) in [4.78, 5) is 13.1. The molecule has 4 nitrogen and oxygen atoms in total. The molecule has 2 aromatic heterocycles. The van der Waals surface area contributed by atoms with E-state index in [9.17, 15) is 0 Å². The van der Waals surface area contributed by atoms with Gasteiger partial charge in [0.2, 0.25) is 5.95 Å². The topological polar surface area (TPSA) is 55.0 Å². The zero-order valence-electron chi connectivity index (χ0n) is 11.1. The molecule has 18 heavy (non-hydrogen) atoms. The highest BCUT2D eigenvalue weighted by Gasteiger charge is 2.16. The Morgan fingerprint density at radius 3 is 2.89 bits per heavy atom. The highest BCUT2D eigenvalue weighted by atomic mass is 32.2. The highest BCUT2D eigenvalue weighted by Crippen LogP contribution is 2.31.